The molecule has 0 aliphatic heterocycles. The van der Waals surface area contributed by atoms with Gasteiger partial charge in [-0.25, -0.2) is 0 Å². The van der Waals surface area contributed by atoms with Crippen LogP contribution in [0.1, 0.15) is 19.4 Å². The average Bonchev–Trinajstić information content (AvgIpc) is 2.08. The zero-order valence-corrected chi connectivity index (χ0v) is 8.38. The van der Waals surface area contributed by atoms with E-state index >= 15 is 0 Å². The van der Waals surface area contributed by atoms with Gasteiger partial charge in [-0.05, 0) is 31.9 Å². The zero-order valence-electron chi connectivity index (χ0n) is 8.38. The third kappa shape index (κ3) is 2.94. The molecule has 0 unspecified atom stereocenters. The summed E-state index contributed by atoms with van der Waals surface area (Å²) in [6.45, 7) is 8.04. The molecule has 1 heteroatoms. The van der Waals surface area contributed by atoms with Gasteiger partial charge in [-0.2, -0.15) is 0 Å². The van der Waals surface area contributed by atoms with Crippen LogP contribution in [0.5, 0.6) is 0 Å². The van der Waals surface area contributed by atoms with Gasteiger partial charge in [0.15, 0.2) is 0 Å². The molecule has 0 aliphatic carbocycles. The van der Waals surface area contributed by atoms with Crippen molar-refractivity contribution in [1.82, 2.24) is 0 Å². The van der Waals surface area contributed by atoms with E-state index in [4.69, 9.17) is 0 Å². The van der Waals surface area contributed by atoms with E-state index in [1.165, 1.54) is 11.3 Å². The van der Waals surface area contributed by atoms with E-state index in [9.17, 15) is 0 Å². The first-order chi connectivity index (χ1) is 6.24. The van der Waals surface area contributed by atoms with Crippen LogP contribution in [0.25, 0.3) is 0 Å². The maximum absolute atomic E-state index is 3.75. The van der Waals surface area contributed by atoms with Crippen LogP contribution in [0, 0.1) is 0 Å². The number of allylic oxidation sites excluding steroid dienone is 1. The van der Waals surface area contributed by atoms with Crippen LogP contribution in [0.15, 0.2) is 36.9 Å². The molecule has 1 rings (SSSR count). The van der Waals surface area contributed by atoms with Crippen molar-refractivity contribution in [3.63, 3.8) is 0 Å². The molecule has 1 aromatic rings. The predicted octanol–water partition coefficient (Wildman–Crippen LogP) is 3.24. The Bertz CT molecular complexity index is 276. The van der Waals surface area contributed by atoms with E-state index in [1.54, 1.807) is 0 Å². The van der Waals surface area contributed by atoms with Crippen LogP contribution < -0.4 is 5.32 Å². The Morgan fingerprint density at radius 1 is 1.38 bits per heavy atom. The average molecular weight is 175 g/mol. The van der Waals surface area contributed by atoms with Crippen LogP contribution in [0.3, 0.4) is 0 Å². The molecule has 1 nitrogen and oxygen atoms in total. The molecule has 0 saturated carbocycles. The van der Waals surface area contributed by atoms with Crippen molar-refractivity contribution in [2.75, 3.05) is 5.32 Å². The lowest BCUT2D eigenvalue weighted by molar-refractivity contribution is 0.896. The predicted molar refractivity (Wildman–Crippen MR) is 59.1 cm³/mol. The fourth-order valence-electron chi connectivity index (χ4n) is 1.31. The maximum atomic E-state index is 3.75. The van der Waals surface area contributed by atoms with Crippen molar-refractivity contribution in [1.29, 1.82) is 0 Å². The Morgan fingerprint density at radius 2 is 2.08 bits per heavy atom. The van der Waals surface area contributed by atoms with E-state index in [0.717, 1.165) is 6.42 Å². The number of hydrogen-bond donors (Lipinski definition) is 1. The summed E-state index contributed by atoms with van der Waals surface area (Å²) in [5, 5.41) is 3.41. The summed E-state index contributed by atoms with van der Waals surface area (Å²) < 4.78 is 0. The second kappa shape index (κ2) is 4.70. The summed E-state index contributed by atoms with van der Waals surface area (Å²) >= 11 is 0. The number of anilines is 1. The molecule has 13 heavy (non-hydrogen) atoms. The second-order valence-corrected chi connectivity index (χ2v) is 3.45. The van der Waals surface area contributed by atoms with Crippen LogP contribution >= 0.6 is 0 Å². The summed E-state index contributed by atoms with van der Waals surface area (Å²) in [5.41, 5.74) is 2.53. The first kappa shape index (κ1) is 9.85. The molecule has 0 bridgehead atoms. The minimum absolute atomic E-state index is 0.478. The van der Waals surface area contributed by atoms with Gasteiger partial charge in [0, 0.05) is 11.7 Å². The topological polar surface area (TPSA) is 12.0 Å². The minimum Gasteiger partial charge on any atom is -0.383 e. The summed E-state index contributed by atoms with van der Waals surface area (Å²) in [6, 6.07) is 8.83. The molecule has 0 radical (unpaired) electrons. The lowest BCUT2D eigenvalue weighted by Gasteiger charge is -2.13. The van der Waals surface area contributed by atoms with Crippen molar-refractivity contribution >= 4 is 5.69 Å². The van der Waals surface area contributed by atoms with E-state index < -0.39 is 0 Å². The Morgan fingerprint density at radius 3 is 2.69 bits per heavy atom. The summed E-state index contributed by atoms with van der Waals surface area (Å²) in [6.07, 6.45) is 2.86. The quantitative estimate of drug-likeness (QED) is 0.693. The Kier molecular flexibility index (Phi) is 3.56. The SMILES string of the molecule is C=CCc1ccccc1NC(C)C. The lowest BCUT2D eigenvalue weighted by atomic mass is 10.1. The van der Waals surface area contributed by atoms with Crippen molar-refractivity contribution in [3.8, 4) is 0 Å². The van der Waals surface area contributed by atoms with Crippen molar-refractivity contribution in [3.05, 3.63) is 42.5 Å². The van der Waals surface area contributed by atoms with E-state index in [-0.39, 0.29) is 0 Å². The van der Waals surface area contributed by atoms with Gasteiger partial charge in [-0.3, -0.25) is 0 Å². The first-order valence-corrected chi connectivity index (χ1v) is 4.69. The Hall–Kier alpha value is -1.24. The molecule has 0 saturated heterocycles. The molecule has 0 heterocycles. The fraction of sp³-hybridized carbons (Fsp3) is 0.333. The molecule has 0 aromatic heterocycles. The molecule has 0 amide bonds. The third-order valence-corrected chi connectivity index (χ3v) is 1.83. The highest BCUT2D eigenvalue weighted by atomic mass is 14.9. The molecular formula is C12H17N. The number of nitrogens with one attached hydrogen (secondary N) is 1. The van der Waals surface area contributed by atoms with E-state index in [1.807, 2.05) is 6.08 Å². The molecule has 0 atom stereocenters. The third-order valence-electron chi connectivity index (χ3n) is 1.83. The van der Waals surface area contributed by atoms with E-state index in [2.05, 4.69) is 50.0 Å². The standard InChI is InChI=1S/C12H17N/c1-4-7-11-8-5-6-9-12(11)13-10(2)3/h4-6,8-10,13H,1,7H2,2-3H3. The minimum atomic E-state index is 0.478. The summed E-state index contributed by atoms with van der Waals surface area (Å²) in [4.78, 5) is 0. The van der Waals surface area contributed by atoms with Crippen molar-refractivity contribution in [2.24, 2.45) is 0 Å². The molecule has 1 aromatic carbocycles. The number of rotatable bonds is 4. The Labute approximate surface area is 80.5 Å². The second-order valence-electron chi connectivity index (χ2n) is 3.45. The number of hydrogen-bond acceptors (Lipinski definition) is 1. The van der Waals surface area contributed by atoms with Crippen LogP contribution in [-0.4, -0.2) is 6.04 Å². The molecule has 1 N–H and O–H groups in total. The van der Waals surface area contributed by atoms with Crippen molar-refractivity contribution < 1.29 is 0 Å². The summed E-state index contributed by atoms with van der Waals surface area (Å²) in [7, 11) is 0. The van der Waals surface area contributed by atoms with Gasteiger partial charge in [0.05, 0.1) is 0 Å². The normalized spacial score (nSPS) is 10.1. The van der Waals surface area contributed by atoms with E-state index in [0.29, 0.717) is 6.04 Å². The van der Waals surface area contributed by atoms with Gasteiger partial charge >= 0.3 is 0 Å². The molecule has 0 aliphatic rings. The van der Waals surface area contributed by atoms with Crippen LogP contribution in [0.2, 0.25) is 0 Å². The molecule has 70 valence electrons. The monoisotopic (exact) mass is 175 g/mol. The van der Waals surface area contributed by atoms with Gasteiger partial charge < -0.3 is 5.32 Å². The molecular weight excluding hydrogens is 158 g/mol. The fourth-order valence-corrected chi connectivity index (χ4v) is 1.31. The maximum Gasteiger partial charge on any atom is 0.0377 e. The number of benzene rings is 1. The molecule has 0 fully saturated rings. The van der Waals surface area contributed by atoms with Gasteiger partial charge in [-0.15, -0.1) is 6.58 Å². The first-order valence-electron chi connectivity index (χ1n) is 4.69. The van der Waals surface area contributed by atoms with Crippen LogP contribution in [0.4, 0.5) is 5.69 Å². The lowest BCUT2D eigenvalue weighted by Crippen LogP contribution is -2.11. The highest BCUT2D eigenvalue weighted by molar-refractivity contribution is 5.52. The highest BCUT2D eigenvalue weighted by Crippen LogP contribution is 2.16. The summed E-state index contributed by atoms with van der Waals surface area (Å²) in [5.74, 6) is 0. The van der Waals surface area contributed by atoms with Gasteiger partial charge in [0.2, 0.25) is 0 Å². The van der Waals surface area contributed by atoms with Crippen molar-refractivity contribution in [2.45, 2.75) is 26.3 Å². The van der Waals surface area contributed by atoms with Gasteiger partial charge in [0.25, 0.3) is 0 Å². The highest BCUT2D eigenvalue weighted by Gasteiger charge is 1.99. The number of para-hydroxylation sites is 1. The van der Waals surface area contributed by atoms with Gasteiger partial charge in [0.1, 0.15) is 0 Å². The largest absolute Gasteiger partial charge is 0.383 e. The smallest absolute Gasteiger partial charge is 0.0377 e. The van der Waals surface area contributed by atoms with Crippen LogP contribution in [-0.2, 0) is 6.42 Å². The van der Waals surface area contributed by atoms with Gasteiger partial charge in [-0.1, -0.05) is 24.3 Å². The zero-order chi connectivity index (χ0) is 9.68. The molecule has 0 spiro atoms. The Balaban J connectivity index is 2.83.